The van der Waals surface area contributed by atoms with Crippen LogP contribution in [0.15, 0.2) is 23.1 Å². The maximum atomic E-state index is 12.3. The molecule has 0 spiro atoms. The molecular formula is C19H24N2O4S2. The van der Waals surface area contributed by atoms with E-state index < -0.39 is 0 Å². The van der Waals surface area contributed by atoms with E-state index in [2.05, 4.69) is 4.90 Å². The minimum Gasteiger partial charge on any atom is -0.493 e. The Morgan fingerprint density at radius 3 is 2.74 bits per heavy atom. The van der Waals surface area contributed by atoms with E-state index in [-0.39, 0.29) is 5.91 Å². The van der Waals surface area contributed by atoms with E-state index in [1.807, 2.05) is 31.2 Å². The van der Waals surface area contributed by atoms with Crippen molar-refractivity contribution in [1.29, 1.82) is 0 Å². The van der Waals surface area contributed by atoms with E-state index in [1.165, 1.54) is 11.8 Å². The highest BCUT2D eigenvalue weighted by Crippen LogP contribution is 2.34. The molecule has 2 fully saturated rings. The van der Waals surface area contributed by atoms with Crippen molar-refractivity contribution in [2.24, 2.45) is 0 Å². The molecule has 6 nitrogen and oxygen atoms in total. The van der Waals surface area contributed by atoms with Gasteiger partial charge in [-0.2, -0.15) is 0 Å². The molecule has 0 unspecified atom stereocenters. The van der Waals surface area contributed by atoms with Gasteiger partial charge < -0.3 is 14.2 Å². The van der Waals surface area contributed by atoms with E-state index in [0.29, 0.717) is 33.9 Å². The summed E-state index contributed by atoms with van der Waals surface area (Å²) in [6.45, 7) is 7.38. The van der Waals surface area contributed by atoms with Gasteiger partial charge in [0.25, 0.3) is 5.91 Å². The van der Waals surface area contributed by atoms with Crippen molar-refractivity contribution >= 4 is 40.3 Å². The normalized spacial score (nSPS) is 19.8. The maximum absolute atomic E-state index is 12.3. The quantitative estimate of drug-likeness (QED) is 0.508. The molecule has 2 saturated heterocycles. The van der Waals surface area contributed by atoms with Crippen molar-refractivity contribution in [1.82, 2.24) is 9.80 Å². The molecule has 146 valence electrons. The molecule has 0 atom stereocenters. The number of thioether (sulfide) groups is 1. The average Bonchev–Trinajstić information content (AvgIpc) is 2.96. The van der Waals surface area contributed by atoms with Crippen LogP contribution in [0.5, 0.6) is 11.5 Å². The molecule has 0 radical (unpaired) electrons. The predicted molar refractivity (Wildman–Crippen MR) is 111 cm³/mol. The van der Waals surface area contributed by atoms with Crippen LogP contribution in [0.4, 0.5) is 0 Å². The first kappa shape index (κ1) is 20.1. The zero-order valence-corrected chi connectivity index (χ0v) is 17.2. The van der Waals surface area contributed by atoms with Crippen molar-refractivity contribution in [2.75, 3.05) is 53.1 Å². The molecule has 8 heteroatoms. The Morgan fingerprint density at radius 1 is 1.30 bits per heavy atom. The molecule has 3 rings (SSSR count). The van der Waals surface area contributed by atoms with Gasteiger partial charge in [0.1, 0.15) is 10.9 Å². The molecule has 2 aliphatic heterocycles. The van der Waals surface area contributed by atoms with Gasteiger partial charge in [-0.25, -0.2) is 0 Å². The third kappa shape index (κ3) is 5.01. The summed E-state index contributed by atoms with van der Waals surface area (Å²) in [5.74, 6) is 1.30. The minimum atomic E-state index is -0.0442. The van der Waals surface area contributed by atoms with E-state index in [9.17, 15) is 4.79 Å². The Morgan fingerprint density at radius 2 is 2.07 bits per heavy atom. The van der Waals surface area contributed by atoms with Crippen LogP contribution in [0.1, 0.15) is 12.5 Å². The minimum absolute atomic E-state index is 0.0442. The van der Waals surface area contributed by atoms with E-state index in [4.69, 9.17) is 26.4 Å². The van der Waals surface area contributed by atoms with Gasteiger partial charge in [0.05, 0.1) is 25.2 Å². The molecule has 1 amide bonds. The highest BCUT2D eigenvalue weighted by Gasteiger charge is 2.30. The lowest BCUT2D eigenvalue weighted by Crippen LogP contribution is -2.38. The Labute approximate surface area is 169 Å². The second-order valence-corrected chi connectivity index (χ2v) is 7.81. The SMILES string of the molecule is CCN1C(=O)/C(=C\c2ccc(OCCN3CCOCC3)c(OC)c2)SC1=S. The topological polar surface area (TPSA) is 51.2 Å². The average molecular weight is 409 g/mol. The first-order valence-electron chi connectivity index (χ1n) is 8.98. The van der Waals surface area contributed by atoms with Gasteiger partial charge in [-0.15, -0.1) is 0 Å². The molecule has 2 aliphatic rings. The Hall–Kier alpha value is -1.61. The zero-order chi connectivity index (χ0) is 19.2. The molecule has 1 aromatic rings. The number of carbonyl (C=O) groups is 1. The number of hydrogen-bond acceptors (Lipinski definition) is 7. The number of carbonyl (C=O) groups excluding carboxylic acids is 1. The van der Waals surface area contributed by atoms with Crippen LogP contribution in [-0.4, -0.2) is 73.1 Å². The number of methoxy groups -OCH3 is 1. The Balaban J connectivity index is 1.64. The number of thiocarbonyl (C=S) groups is 1. The highest BCUT2D eigenvalue weighted by molar-refractivity contribution is 8.26. The van der Waals surface area contributed by atoms with Crippen LogP contribution in [-0.2, 0) is 9.53 Å². The molecule has 2 heterocycles. The monoisotopic (exact) mass is 408 g/mol. The fraction of sp³-hybridized carbons (Fsp3) is 0.474. The third-order valence-corrected chi connectivity index (χ3v) is 5.82. The van der Waals surface area contributed by atoms with Gasteiger partial charge in [0, 0.05) is 26.2 Å². The summed E-state index contributed by atoms with van der Waals surface area (Å²) in [5.41, 5.74) is 0.879. The van der Waals surface area contributed by atoms with Crippen LogP contribution in [0.25, 0.3) is 6.08 Å². The molecule has 0 aliphatic carbocycles. The van der Waals surface area contributed by atoms with Crippen molar-refractivity contribution in [3.8, 4) is 11.5 Å². The second kappa shape index (κ2) is 9.54. The summed E-state index contributed by atoms with van der Waals surface area (Å²) >= 11 is 6.58. The fourth-order valence-electron chi connectivity index (χ4n) is 2.93. The van der Waals surface area contributed by atoms with Gasteiger partial charge in [0.2, 0.25) is 0 Å². The van der Waals surface area contributed by atoms with Crippen molar-refractivity contribution < 1.29 is 19.0 Å². The summed E-state index contributed by atoms with van der Waals surface area (Å²) in [5, 5.41) is 0. The molecule has 0 bridgehead atoms. The number of morpholine rings is 1. The van der Waals surface area contributed by atoms with E-state index in [1.54, 1.807) is 12.0 Å². The number of amides is 1. The lowest BCUT2D eigenvalue weighted by molar-refractivity contribution is -0.121. The van der Waals surface area contributed by atoms with Gasteiger partial charge in [-0.05, 0) is 30.7 Å². The Bertz CT molecular complexity index is 732. The predicted octanol–water partition coefficient (Wildman–Crippen LogP) is 2.63. The molecule has 0 saturated carbocycles. The standard InChI is InChI=1S/C19H24N2O4S2/c1-3-21-18(22)17(27-19(21)26)13-14-4-5-15(16(12-14)23-2)25-11-8-20-6-9-24-10-7-20/h4-5,12-13H,3,6-11H2,1-2H3/b17-13+. The van der Waals surface area contributed by atoms with Crippen LogP contribution in [0.3, 0.4) is 0 Å². The summed E-state index contributed by atoms with van der Waals surface area (Å²) in [4.78, 5) is 16.9. The number of ether oxygens (including phenoxy) is 3. The summed E-state index contributed by atoms with van der Waals surface area (Å²) in [6, 6.07) is 5.68. The Kier molecular flexibility index (Phi) is 7.12. The van der Waals surface area contributed by atoms with Crippen molar-refractivity contribution in [3.63, 3.8) is 0 Å². The first-order valence-corrected chi connectivity index (χ1v) is 10.2. The van der Waals surface area contributed by atoms with Crippen LogP contribution in [0.2, 0.25) is 0 Å². The number of nitrogens with zero attached hydrogens (tertiary/aromatic N) is 2. The molecular weight excluding hydrogens is 384 g/mol. The van der Waals surface area contributed by atoms with E-state index in [0.717, 1.165) is 38.4 Å². The van der Waals surface area contributed by atoms with Gasteiger partial charge in [0.15, 0.2) is 11.5 Å². The van der Waals surface area contributed by atoms with Crippen LogP contribution < -0.4 is 9.47 Å². The number of hydrogen-bond donors (Lipinski definition) is 0. The molecule has 27 heavy (non-hydrogen) atoms. The lowest BCUT2D eigenvalue weighted by Gasteiger charge is -2.26. The number of benzene rings is 1. The number of rotatable bonds is 7. The molecule has 0 aromatic heterocycles. The highest BCUT2D eigenvalue weighted by atomic mass is 32.2. The van der Waals surface area contributed by atoms with Crippen molar-refractivity contribution in [3.05, 3.63) is 28.7 Å². The van der Waals surface area contributed by atoms with Gasteiger partial charge in [-0.1, -0.05) is 30.0 Å². The van der Waals surface area contributed by atoms with Gasteiger partial charge in [-0.3, -0.25) is 14.6 Å². The zero-order valence-electron chi connectivity index (χ0n) is 15.6. The van der Waals surface area contributed by atoms with Crippen LogP contribution in [0, 0.1) is 0 Å². The maximum Gasteiger partial charge on any atom is 0.266 e. The lowest BCUT2D eigenvalue weighted by atomic mass is 10.2. The van der Waals surface area contributed by atoms with Crippen molar-refractivity contribution in [2.45, 2.75) is 6.92 Å². The first-order chi connectivity index (χ1) is 13.1. The third-order valence-electron chi connectivity index (χ3n) is 4.44. The second-order valence-electron chi connectivity index (χ2n) is 6.14. The summed E-state index contributed by atoms with van der Waals surface area (Å²) in [7, 11) is 1.62. The largest absolute Gasteiger partial charge is 0.493 e. The fourth-order valence-corrected chi connectivity index (χ4v) is 4.31. The van der Waals surface area contributed by atoms with E-state index >= 15 is 0 Å². The summed E-state index contributed by atoms with van der Waals surface area (Å²) in [6.07, 6.45) is 1.84. The number of likely N-dealkylation sites (N-methyl/N-ethyl adjacent to an activating group) is 1. The molecule has 1 aromatic carbocycles. The smallest absolute Gasteiger partial charge is 0.266 e. The summed E-state index contributed by atoms with van der Waals surface area (Å²) < 4.78 is 17.3. The molecule has 0 N–H and O–H groups in total. The van der Waals surface area contributed by atoms with Gasteiger partial charge >= 0.3 is 0 Å². The van der Waals surface area contributed by atoms with Crippen LogP contribution >= 0.6 is 24.0 Å².